The van der Waals surface area contributed by atoms with Gasteiger partial charge in [0.15, 0.2) is 0 Å². The van der Waals surface area contributed by atoms with E-state index >= 15 is 0 Å². The molecule has 0 saturated carbocycles. The molecule has 0 fully saturated rings. The molecular weight excluding hydrogens is 202 g/mol. The molecule has 0 aliphatic carbocycles. The molecule has 0 aromatic carbocycles. The second-order valence-corrected chi connectivity index (χ2v) is 4.15. The maximum Gasteiger partial charge on any atom is 0.106 e. The number of furan rings is 1. The quantitative estimate of drug-likeness (QED) is 0.840. The van der Waals surface area contributed by atoms with E-state index in [4.69, 9.17) is 10.2 Å². The first-order chi connectivity index (χ1) is 7.50. The molecular formula is C12H17N3O. The minimum Gasteiger partial charge on any atom is -0.466 e. The molecule has 0 aliphatic rings. The molecule has 1 atom stereocenters. The molecule has 2 aromatic heterocycles. The highest BCUT2D eigenvalue weighted by molar-refractivity contribution is 5.38. The van der Waals surface area contributed by atoms with E-state index in [2.05, 4.69) is 5.10 Å². The zero-order valence-electron chi connectivity index (χ0n) is 10.1. The van der Waals surface area contributed by atoms with Crippen LogP contribution in [0.3, 0.4) is 0 Å². The topological polar surface area (TPSA) is 57.0 Å². The third-order valence-corrected chi connectivity index (χ3v) is 2.98. The lowest BCUT2D eigenvalue weighted by molar-refractivity contribution is 0.498. The van der Waals surface area contributed by atoms with Crippen LogP contribution in [0.2, 0.25) is 0 Å². The van der Waals surface area contributed by atoms with Crippen LogP contribution in [-0.4, -0.2) is 9.78 Å². The van der Waals surface area contributed by atoms with Crippen LogP contribution in [0, 0.1) is 20.8 Å². The van der Waals surface area contributed by atoms with Gasteiger partial charge in [0.2, 0.25) is 0 Å². The number of rotatable bonds is 2. The van der Waals surface area contributed by atoms with E-state index in [1.807, 2.05) is 40.1 Å². The number of aryl methyl sites for hydroxylation is 3. The summed E-state index contributed by atoms with van der Waals surface area (Å²) >= 11 is 0. The van der Waals surface area contributed by atoms with E-state index in [0.717, 1.165) is 28.3 Å². The van der Waals surface area contributed by atoms with E-state index in [1.165, 1.54) is 0 Å². The Kier molecular flexibility index (Phi) is 2.59. The van der Waals surface area contributed by atoms with Crippen molar-refractivity contribution in [3.8, 4) is 0 Å². The summed E-state index contributed by atoms with van der Waals surface area (Å²) in [4.78, 5) is 0. The van der Waals surface area contributed by atoms with Crippen molar-refractivity contribution in [1.82, 2.24) is 9.78 Å². The summed E-state index contributed by atoms with van der Waals surface area (Å²) in [7, 11) is 1.89. The Bertz CT molecular complexity index is 510. The summed E-state index contributed by atoms with van der Waals surface area (Å²) in [6, 6.07) is 1.73. The first-order valence-corrected chi connectivity index (χ1v) is 5.32. The fourth-order valence-corrected chi connectivity index (χ4v) is 2.01. The van der Waals surface area contributed by atoms with Gasteiger partial charge in [-0.25, -0.2) is 0 Å². The minimum atomic E-state index is -0.210. The average molecular weight is 219 g/mol. The highest BCUT2D eigenvalue weighted by Crippen LogP contribution is 2.28. The first-order valence-electron chi connectivity index (χ1n) is 5.32. The highest BCUT2D eigenvalue weighted by Gasteiger charge is 2.20. The molecule has 0 aliphatic heterocycles. The van der Waals surface area contributed by atoms with Crippen molar-refractivity contribution in [3.63, 3.8) is 0 Å². The van der Waals surface area contributed by atoms with Gasteiger partial charge in [-0.1, -0.05) is 0 Å². The second kappa shape index (κ2) is 3.79. The number of hydrogen-bond acceptors (Lipinski definition) is 3. The van der Waals surface area contributed by atoms with Crippen molar-refractivity contribution in [1.29, 1.82) is 0 Å². The van der Waals surface area contributed by atoms with Crippen molar-refractivity contribution >= 4 is 0 Å². The standard InChI is InChI=1S/C12H17N3O/c1-7-8(2)16-9(3)11(7)12(13)10-5-6-15(4)14-10/h5-6,12H,13H2,1-4H3. The van der Waals surface area contributed by atoms with Crippen molar-refractivity contribution in [2.24, 2.45) is 12.8 Å². The van der Waals surface area contributed by atoms with Gasteiger partial charge in [0.05, 0.1) is 11.7 Å². The number of aromatic nitrogens is 2. The summed E-state index contributed by atoms with van der Waals surface area (Å²) in [5, 5.41) is 4.33. The molecule has 4 heteroatoms. The van der Waals surface area contributed by atoms with Gasteiger partial charge < -0.3 is 10.2 Å². The first kappa shape index (κ1) is 11.0. The molecule has 2 rings (SSSR count). The average Bonchev–Trinajstić information content (AvgIpc) is 2.73. The molecule has 1 unspecified atom stereocenters. The molecule has 2 heterocycles. The molecule has 16 heavy (non-hydrogen) atoms. The Morgan fingerprint density at radius 3 is 2.44 bits per heavy atom. The summed E-state index contributed by atoms with van der Waals surface area (Å²) in [5.41, 5.74) is 9.25. The maximum atomic E-state index is 6.21. The zero-order chi connectivity index (χ0) is 11.9. The normalized spacial score (nSPS) is 13.1. The lowest BCUT2D eigenvalue weighted by Crippen LogP contribution is -2.14. The largest absolute Gasteiger partial charge is 0.466 e. The van der Waals surface area contributed by atoms with Crippen LogP contribution in [0.25, 0.3) is 0 Å². The third kappa shape index (κ3) is 1.65. The Balaban J connectivity index is 2.44. The molecule has 2 N–H and O–H groups in total. The third-order valence-electron chi connectivity index (χ3n) is 2.98. The SMILES string of the molecule is Cc1oc(C)c(C(N)c2ccn(C)n2)c1C. The molecule has 4 nitrogen and oxygen atoms in total. The summed E-state index contributed by atoms with van der Waals surface area (Å²) < 4.78 is 7.34. The summed E-state index contributed by atoms with van der Waals surface area (Å²) in [6.07, 6.45) is 1.90. The number of nitrogens with zero attached hydrogens (tertiary/aromatic N) is 2. The van der Waals surface area contributed by atoms with Crippen molar-refractivity contribution in [2.75, 3.05) is 0 Å². The Morgan fingerprint density at radius 2 is 2.00 bits per heavy atom. The second-order valence-electron chi connectivity index (χ2n) is 4.15. The zero-order valence-corrected chi connectivity index (χ0v) is 10.1. The van der Waals surface area contributed by atoms with Crippen LogP contribution in [0.5, 0.6) is 0 Å². The molecule has 86 valence electrons. The van der Waals surface area contributed by atoms with Gasteiger partial charge in [-0.15, -0.1) is 0 Å². The fourth-order valence-electron chi connectivity index (χ4n) is 2.01. The van der Waals surface area contributed by atoms with Crippen LogP contribution in [0.15, 0.2) is 16.7 Å². The molecule has 0 saturated heterocycles. The van der Waals surface area contributed by atoms with Crippen molar-refractivity contribution in [3.05, 3.63) is 40.6 Å². The van der Waals surface area contributed by atoms with Crippen LogP contribution < -0.4 is 5.73 Å². The van der Waals surface area contributed by atoms with Gasteiger partial charge >= 0.3 is 0 Å². The van der Waals surface area contributed by atoms with E-state index in [0.29, 0.717) is 0 Å². The van der Waals surface area contributed by atoms with Gasteiger partial charge in [-0.3, -0.25) is 4.68 Å². The van der Waals surface area contributed by atoms with E-state index in [1.54, 1.807) is 4.68 Å². The Morgan fingerprint density at radius 1 is 1.31 bits per heavy atom. The van der Waals surface area contributed by atoms with E-state index < -0.39 is 0 Å². The van der Waals surface area contributed by atoms with Gasteiger partial charge in [-0.05, 0) is 32.4 Å². The van der Waals surface area contributed by atoms with Crippen molar-refractivity contribution < 1.29 is 4.42 Å². The molecule has 0 spiro atoms. The smallest absolute Gasteiger partial charge is 0.106 e. The van der Waals surface area contributed by atoms with Crippen LogP contribution in [-0.2, 0) is 7.05 Å². The van der Waals surface area contributed by atoms with Gasteiger partial charge in [-0.2, -0.15) is 5.10 Å². The Hall–Kier alpha value is -1.55. The molecule has 2 aromatic rings. The lowest BCUT2D eigenvalue weighted by Gasteiger charge is -2.09. The van der Waals surface area contributed by atoms with Crippen LogP contribution in [0.4, 0.5) is 0 Å². The van der Waals surface area contributed by atoms with Gasteiger partial charge in [0, 0.05) is 18.8 Å². The van der Waals surface area contributed by atoms with Gasteiger partial charge in [0.25, 0.3) is 0 Å². The van der Waals surface area contributed by atoms with Crippen LogP contribution >= 0.6 is 0 Å². The van der Waals surface area contributed by atoms with E-state index in [-0.39, 0.29) is 6.04 Å². The monoisotopic (exact) mass is 219 g/mol. The predicted molar refractivity (Wildman–Crippen MR) is 62.2 cm³/mol. The molecule has 0 amide bonds. The number of nitrogens with two attached hydrogens (primary N) is 1. The maximum absolute atomic E-state index is 6.21. The van der Waals surface area contributed by atoms with E-state index in [9.17, 15) is 0 Å². The highest BCUT2D eigenvalue weighted by atomic mass is 16.3. The van der Waals surface area contributed by atoms with Crippen molar-refractivity contribution in [2.45, 2.75) is 26.8 Å². The predicted octanol–water partition coefficient (Wildman–Crippen LogP) is 1.99. The summed E-state index contributed by atoms with van der Waals surface area (Å²) in [5.74, 6) is 1.81. The molecule has 0 bridgehead atoms. The Labute approximate surface area is 95.1 Å². The van der Waals surface area contributed by atoms with Crippen LogP contribution in [0.1, 0.15) is 34.4 Å². The number of hydrogen-bond donors (Lipinski definition) is 1. The fraction of sp³-hybridized carbons (Fsp3) is 0.417. The molecule has 0 radical (unpaired) electrons. The summed E-state index contributed by atoms with van der Waals surface area (Å²) in [6.45, 7) is 5.93. The minimum absolute atomic E-state index is 0.210. The lowest BCUT2D eigenvalue weighted by atomic mass is 10.0. The van der Waals surface area contributed by atoms with Gasteiger partial charge in [0.1, 0.15) is 11.5 Å².